The molecule has 0 radical (unpaired) electrons. The van der Waals surface area contributed by atoms with Crippen LogP contribution in [0.25, 0.3) is 0 Å². The minimum absolute atomic E-state index is 0.151. The van der Waals surface area contributed by atoms with E-state index in [1.165, 1.54) is 4.31 Å². The van der Waals surface area contributed by atoms with E-state index in [9.17, 15) is 13.5 Å². The minimum Gasteiger partial charge on any atom is -0.473 e. The van der Waals surface area contributed by atoms with E-state index >= 15 is 0 Å². The molecule has 1 aromatic rings. The molecule has 11 nitrogen and oxygen atoms in total. The molecule has 192 valence electrons. The number of piperazine rings is 1. The molecule has 0 aliphatic carbocycles. The molecule has 2 fully saturated rings. The second kappa shape index (κ2) is 13.8. The van der Waals surface area contributed by atoms with E-state index in [-0.39, 0.29) is 17.6 Å². The molecule has 3 rings (SSSR count). The summed E-state index contributed by atoms with van der Waals surface area (Å²) in [5.74, 6) is -3.65. The number of rotatable bonds is 8. The highest BCUT2D eigenvalue weighted by Gasteiger charge is 2.30. The van der Waals surface area contributed by atoms with Crippen molar-refractivity contribution in [2.24, 2.45) is 0 Å². The van der Waals surface area contributed by atoms with Gasteiger partial charge in [0.05, 0.1) is 30.3 Å². The van der Waals surface area contributed by atoms with Crippen LogP contribution in [-0.4, -0.2) is 110 Å². The summed E-state index contributed by atoms with van der Waals surface area (Å²) in [7, 11) is -3.56. The number of carboxylic acid groups (broad SMARTS) is 2. The number of carboxylic acids is 2. The standard InChI is InChI=1S/C18H26Br2N2O5S.C2H2O4/c19-14-3-4-17(20)18(10-14)28(24,25)22-7-5-21(6-8-22)11-15(23)12-26-13-16-2-1-9-27-16;3-1(4)2(5)6/h3-4,10,15-16,23H,1-2,5-9,11-13H2;(H,3,4)(H,5,6). The van der Waals surface area contributed by atoms with E-state index in [1.807, 2.05) is 0 Å². The fourth-order valence-electron chi connectivity index (χ4n) is 3.43. The van der Waals surface area contributed by atoms with Gasteiger partial charge in [0.15, 0.2) is 0 Å². The maximum absolute atomic E-state index is 12.9. The summed E-state index contributed by atoms with van der Waals surface area (Å²) in [6.07, 6.45) is 1.64. The lowest BCUT2D eigenvalue weighted by Gasteiger charge is -2.35. The zero-order valence-corrected chi connectivity index (χ0v) is 22.3. The first-order valence-electron chi connectivity index (χ1n) is 10.5. The number of halogens is 2. The van der Waals surface area contributed by atoms with Crippen molar-refractivity contribution in [3.05, 3.63) is 27.1 Å². The molecule has 1 aromatic carbocycles. The van der Waals surface area contributed by atoms with E-state index in [0.29, 0.717) is 43.8 Å². The van der Waals surface area contributed by atoms with Crippen LogP contribution >= 0.6 is 31.9 Å². The van der Waals surface area contributed by atoms with Crippen LogP contribution in [0.15, 0.2) is 32.0 Å². The van der Waals surface area contributed by atoms with Gasteiger partial charge in [0.2, 0.25) is 10.0 Å². The number of aliphatic carboxylic acids is 2. The number of aliphatic hydroxyl groups is 1. The molecule has 2 aliphatic heterocycles. The number of β-amino-alcohol motifs (C(OH)–C–C–N with tert-alkyl or cyclic N) is 1. The van der Waals surface area contributed by atoms with Crippen LogP contribution in [-0.2, 0) is 29.1 Å². The van der Waals surface area contributed by atoms with Gasteiger partial charge in [0.1, 0.15) is 0 Å². The Bertz CT molecular complexity index is 922. The van der Waals surface area contributed by atoms with Gasteiger partial charge in [0.25, 0.3) is 0 Å². The fraction of sp³-hybridized carbons (Fsp3) is 0.600. The maximum atomic E-state index is 12.9. The van der Waals surface area contributed by atoms with E-state index in [0.717, 1.165) is 23.9 Å². The molecule has 0 amide bonds. The van der Waals surface area contributed by atoms with Gasteiger partial charge in [-0.2, -0.15) is 4.31 Å². The van der Waals surface area contributed by atoms with Crippen LogP contribution in [0.5, 0.6) is 0 Å². The van der Waals surface area contributed by atoms with E-state index in [1.54, 1.807) is 18.2 Å². The number of benzene rings is 1. The van der Waals surface area contributed by atoms with Gasteiger partial charge in [-0.25, -0.2) is 18.0 Å². The van der Waals surface area contributed by atoms with Gasteiger partial charge in [-0.1, -0.05) is 15.9 Å². The van der Waals surface area contributed by atoms with E-state index < -0.39 is 28.1 Å². The number of ether oxygens (including phenoxy) is 2. The zero-order valence-electron chi connectivity index (χ0n) is 18.3. The number of nitrogens with zero attached hydrogens (tertiary/aromatic N) is 2. The Hall–Kier alpha value is -1.13. The molecule has 14 heteroatoms. The highest BCUT2D eigenvalue weighted by Crippen LogP contribution is 2.28. The normalized spacial score (nSPS) is 20.4. The molecule has 0 spiro atoms. The SMILES string of the molecule is O=C(O)C(=O)O.O=S(=O)(c1cc(Br)ccc1Br)N1CCN(CC(O)COCC2CCCO2)CC1. The van der Waals surface area contributed by atoms with Crippen LogP contribution in [0.2, 0.25) is 0 Å². The van der Waals surface area contributed by atoms with Gasteiger partial charge >= 0.3 is 11.9 Å². The number of sulfonamides is 1. The van der Waals surface area contributed by atoms with Crippen molar-refractivity contribution in [1.29, 1.82) is 0 Å². The molecular formula is C20H28Br2N2O9S. The summed E-state index contributed by atoms with van der Waals surface area (Å²) in [5.41, 5.74) is 0. The smallest absolute Gasteiger partial charge is 0.414 e. The zero-order chi connectivity index (χ0) is 25.3. The van der Waals surface area contributed by atoms with E-state index in [4.69, 9.17) is 29.3 Å². The van der Waals surface area contributed by atoms with Crippen molar-refractivity contribution >= 4 is 53.8 Å². The average molecular weight is 632 g/mol. The lowest BCUT2D eigenvalue weighted by Crippen LogP contribution is -2.50. The molecule has 2 heterocycles. The number of hydrogen-bond acceptors (Lipinski definition) is 8. The second-order valence-electron chi connectivity index (χ2n) is 7.72. The monoisotopic (exact) mass is 630 g/mol. The van der Waals surface area contributed by atoms with Gasteiger partial charge in [-0.15, -0.1) is 0 Å². The summed E-state index contributed by atoms with van der Waals surface area (Å²) in [6, 6.07) is 5.13. The molecule has 0 aromatic heterocycles. The molecule has 0 saturated carbocycles. The van der Waals surface area contributed by atoms with Crippen molar-refractivity contribution in [1.82, 2.24) is 9.21 Å². The van der Waals surface area contributed by atoms with Crippen LogP contribution in [0.3, 0.4) is 0 Å². The third-order valence-corrected chi connectivity index (χ3v) is 8.52. The van der Waals surface area contributed by atoms with Crippen LogP contribution < -0.4 is 0 Å². The van der Waals surface area contributed by atoms with Gasteiger partial charge in [-0.3, -0.25) is 4.90 Å². The van der Waals surface area contributed by atoms with E-state index in [2.05, 4.69) is 36.8 Å². The molecule has 2 saturated heterocycles. The molecule has 2 unspecified atom stereocenters. The first kappa shape index (κ1) is 29.1. The summed E-state index contributed by atoms with van der Waals surface area (Å²) in [4.78, 5) is 20.5. The van der Waals surface area contributed by atoms with Gasteiger partial charge in [-0.05, 0) is 47.0 Å². The molecule has 0 bridgehead atoms. The van der Waals surface area contributed by atoms with Crippen molar-refractivity contribution in [3.8, 4) is 0 Å². The van der Waals surface area contributed by atoms with Crippen LogP contribution in [0.4, 0.5) is 0 Å². The Balaban J connectivity index is 0.000000604. The Labute approximate surface area is 214 Å². The van der Waals surface area contributed by atoms with Crippen molar-refractivity contribution in [2.75, 3.05) is 52.5 Å². The molecule has 2 aliphatic rings. The fourth-order valence-corrected chi connectivity index (χ4v) is 6.31. The predicted molar refractivity (Wildman–Crippen MR) is 128 cm³/mol. The second-order valence-corrected chi connectivity index (χ2v) is 11.4. The first-order chi connectivity index (χ1) is 16.0. The number of carbonyl (C=O) groups is 2. The molecule has 34 heavy (non-hydrogen) atoms. The third kappa shape index (κ3) is 9.15. The summed E-state index contributed by atoms with van der Waals surface area (Å²) in [6.45, 7) is 3.99. The topological polar surface area (TPSA) is 154 Å². The summed E-state index contributed by atoms with van der Waals surface area (Å²) < 4.78 is 39.7. The quantitative estimate of drug-likeness (QED) is 0.357. The molecule has 2 atom stereocenters. The Kier molecular flexibility index (Phi) is 11.8. The van der Waals surface area contributed by atoms with Crippen LogP contribution in [0.1, 0.15) is 12.8 Å². The predicted octanol–water partition coefficient (Wildman–Crippen LogP) is 1.23. The Morgan fingerprint density at radius 3 is 2.35 bits per heavy atom. The third-order valence-electron chi connectivity index (χ3n) is 5.13. The average Bonchev–Trinajstić information content (AvgIpc) is 3.29. The lowest BCUT2D eigenvalue weighted by atomic mass is 10.2. The first-order valence-corrected chi connectivity index (χ1v) is 13.5. The highest BCUT2D eigenvalue weighted by molar-refractivity contribution is 9.11. The van der Waals surface area contributed by atoms with Crippen molar-refractivity contribution < 1.29 is 42.8 Å². The van der Waals surface area contributed by atoms with Gasteiger partial charge < -0.3 is 24.8 Å². The Morgan fingerprint density at radius 1 is 1.15 bits per heavy atom. The Morgan fingerprint density at radius 2 is 1.79 bits per heavy atom. The number of hydrogen-bond donors (Lipinski definition) is 3. The minimum atomic E-state index is -3.56. The highest BCUT2D eigenvalue weighted by atomic mass is 79.9. The van der Waals surface area contributed by atoms with Crippen LogP contribution in [0, 0.1) is 0 Å². The lowest BCUT2D eigenvalue weighted by molar-refractivity contribution is -0.159. The molecule has 3 N–H and O–H groups in total. The number of aliphatic hydroxyl groups excluding tert-OH is 1. The largest absolute Gasteiger partial charge is 0.473 e. The molecular weight excluding hydrogens is 604 g/mol. The maximum Gasteiger partial charge on any atom is 0.414 e. The van der Waals surface area contributed by atoms with Crippen molar-refractivity contribution in [2.45, 2.75) is 29.9 Å². The summed E-state index contributed by atoms with van der Waals surface area (Å²) in [5, 5.41) is 25.0. The summed E-state index contributed by atoms with van der Waals surface area (Å²) >= 11 is 6.66. The van der Waals surface area contributed by atoms with Crippen molar-refractivity contribution in [3.63, 3.8) is 0 Å². The van der Waals surface area contributed by atoms with Gasteiger partial charge in [0, 0.05) is 48.3 Å².